The summed E-state index contributed by atoms with van der Waals surface area (Å²) in [5, 5.41) is 3.31. The third-order valence-electron chi connectivity index (χ3n) is 4.76. The predicted octanol–water partition coefficient (Wildman–Crippen LogP) is 3.96. The van der Waals surface area contributed by atoms with Gasteiger partial charge in [0, 0.05) is 24.0 Å². The lowest BCUT2D eigenvalue weighted by molar-refractivity contribution is -0.122. The molecule has 0 fully saturated rings. The third kappa shape index (κ3) is 5.20. The molecule has 0 saturated carbocycles. The van der Waals surface area contributed by atoms with Crippen molar-refractivity contribution in [2.45, 2.75) is 26.4 Å². The minimum Gasteiger partial charge on any atom is -0.350 e. The quantitative estimate of drug-likeness (QED) is 0.554. The molecule has 1 amide bonds. The summed E-state index contributed by atoms with van der Waals surface area (Å²) in [6.45, 7) is 3.59. The van der Waals surface area contributed by atoms with Gasteiger partial charge in [-0.1, -0.05) is 41.4 Å². The largest absolute Gasteiger partial charge is 0.350 e. The number of rotatable bonds is 7. The van der Waals surface area contributed by atoms with Crippen LogP contribution in [0.15, 0.2) is 54.9 Å². The second-order valence-electron chi connectivity index (χ2n) is 7.02. The summed E-state index contributed by atoms with van der Waals surface area (Å²) in [4.78, 5) is 17.2. The van der Waals surface area contributed by atoms with Crippen molar-refractivity contribution in [3.63, 3.8) is 0 Å². The van der Waals surface area contributed by atoms with Gasteiger partial charge in [-0.3, -0.25) is 9.10 Å². The number of carbonyl (C=O) groups excluding carboxylic acids is 1. The van der Waals surface area contributed by atoms with Gasteiger partial charge in [0.15, 0.2) is 0 Å². The Hall–Kier alpha value is -2.55. The highest BCUT2D eigenvalue weighted by Crippen LogP contribution is 2.32. The summed E-state index contributed by atoms with van der Waals surface area (Å²) < 4.78 is 27.9. The van der Waals surface area contributed by atoms with Gasteiger partial charge in [-0.15, -0.1) is 0 Å². The van der Waals surface area contributed by atoms with Gasteiger partial charge < -0.3 is 9.88 Å². The van der Waals surface area contributed by atoms with Crippen molar-refractivity contribution in [1.29, 1.82) is 0 Å². The Morgan fingerprint density at radius 3 is 2.58 bits per heavy atom. The SMILES string of the molecule is Cc1nccn1-c1ccccc1CNC(=O)[C@H](C)N(c1cc(Cl)ccc1Cl)S(C)(=O)=O. The molecule has 0 unspecified atom stereocenters. The molecule has 31 heavy (non-hydrogen) atoms. The maximum atomic E-state index is 12.9. The Labute approximate surface area is 191 Å². The summed E-state index contributed by atoms with van der Waals surface area (Å²) >= 11 is 12.2. The van der Waals surface area contributed by atoms with E-state index in [0.717, 1.165) is 27.6 Å². The number of aromatic nitrogens is 2. The van der Waals surface area contributed by atoms with Crippen LogP contribution in [0, 0.1) is 6.92 Å². The molecule has 10 heteroatoms. The second kappa shape index (κ2) is 9.30. The minimum absolute atomic E-state index is 0.147. The van der Waals surface area contributed by atoms with Crippen LogP contribution >= 0.6 is 23.2 Å². The van der Waals surface area contributed by atoms with Crippen LogP contribution in [0.2, 0.25) is 10.0 Å². The van der Waals surface area contributed by atoms with Crippen molar-refractivity contribution in [2.24, 2.45) is 0 Å². The van der Waals surface area contributed by atoms with Crippen LogP contribution in [0.4, 0.5) is 5.69 Å². The van der Waals surface area contributed by atoms with E-state index in [0.29, 0.717) is 5.02 Å². The minimum atomic E-state index is -3.82. The molecule has 7 nitrogen and oxygen atoms in total. The number of nitrogens with zero attached hydrogens (tertiary/aromatic N) is 3. The molecule has 2 aromatic carbocycles. The van der Waals surface area contributed by atoms with Gasteiger partial charge in [-0.25, -0.2) is 13.4 Å². The lowest BCUT2D eigenvalue weighted by Crippen LogP contribution is -2.47. The van der Waals surface area contributed by atoms with Crippen LogP contribution in [-0.4, -0.2) is 36.2 Å². The number of carbonyl (C=O) groups is 1. The zero-order chi connectivity index (χ0) is 22.8. The van der Waals surface area contributed by atoms with Gasteiger partial charge in [0.25, 0.3) is 0 Å². The molecule has 0 aliphatic carbocycles. The molecule has 1 aromatic heterocycles. The highest BCUT2D eigenvalue weighted by Gasteiger charge is 2.30. The Bertz CT molecular complexity index is 1210. The zero-order valence-electron chi connectivity index (χ0n) is 17.2. The van der Waals surface area contributed by atoms with E-state index in [2.05, 4.69) is 10.3 Å². The van der Waals surface area contributed by atoms with E-state index >= 15 is 0 Å². The summed E-state index contributed by atoms with van der Waals surface area (Å²) in [5.74, 6) is 0.338. The number of imidazole rings is 1. The van der Waals surface area contributed by atoms with Crippen molar-refractivity contribution in [3.05, 3.63) is 76.3 Å². The highest BCUT2D eigenvalue weighted by molar-refractivity contribution is 7.92. The molecule has 3 rings (SSSR count). The van der Waals surface area contributed by atoms with Gasteiger partial charge >= 0.3 is 0 Å². The average molecular weight is 481 g/mol. The van der Waals surface area contributed by atoms with Gasteiger partial charge in [0.2, 0.25) is 15.9 Å². The molecule has 1 heterocycles. The Balaban J connectivity index is 1.85. The number of nitrogens with one attached hydrogen (secondary N) is 1. The predicted molar refractivity (Wildman–Crippen MR) is 123 cm³/mol. The maximum absolute atomic E-state index is 12.9. The number of halogens is 2. The fourth-order valence-electron chi connectivity index (χ4n) is 3.29. The van der Waals surface area contributed by atoms with Gasteiger partial charge in [-0.05, 0) is 43.7 Å². The molecule has 0 bridgehead atoms. The van der Waals surface area contributed by atoms with Gasteiger partial charge in [0.05, 0.1) is 22.7 Å². The van der Waals surface area contributed by atoms with Crippen LogP contribution in [-0.2, 0) is 21.4 Å². The summed E-state index contributed by atoms with van der Waals surface area (Å²) in [7, 11) is -3.82. The summed E-state index contributed by atoms with van der Waals surface area (Å²) in [6.07, 6.45) is 4.56. The number of amides is 1. The first-order valence-corrected chi connectivity index (χ1v) is 12.0. The van der Waals surface area contributed by atoms with E-state index in [1.54, 1.807) is 12.3 Å². The van der Waals surface area contributed by atoms with E-state index in [-0.39, 0.29) is 17.3 Å². The number of anilines is 1. The van der Waals surface area contributed by atoms with Crippen molar-refractivity contribution >= 4 is 44.8 Å². The van der Waals surface area contributed by atoms with Crippen LogP contribution in [0.5, 0.6) is 0 Å². The molecule has 0 aliphatic rings. The molecule has 0 saturated heterocycles. The molecule has 0 spiro atoms. The average Bonchev–Trinajstić information content (AvgIpc) is 3.13. The van der Waals surface area contributed by atoms with Crippen LogP contribution < -0.4 is 9.62 Å². The van der Waals surface area contributed by atoms with E-state index in [4.69, 9.17) is 23.2 Å². The Morgan fingerprint density at radius 2 is 1.94 bits per heavy atom. The smallest absolute Gasteiger partial charge is 0.243 e. The second-order valence-corrected chi connectivity index (χ2v) is 9.72. The molecule has 3 aromatic rings. The summed E-state index contributed by atoms with van der Waals surface area (Å²) in [5.41, 5.74) is 1.88. The maximum Gasteiger partial charge on any atom is 0.243 e. The standard InChI is InChI=1S/C21H22Cl2N4O3S/c1-14(27(31(3,29)30)20-12-17(22)8-9-18(20)23)21(28)25-13-16-6-4-5-7-19(16)26-11-10-24-15(26)2/h4-12,14H,13H2,1-3H3,(H,25,28)/t14-/m0/s1. The van der Waals surface area contributed by atoms with Gasteiger partial charge in [0.1, 0.15) is 11.9 Å². The number of hydrogen-bond donors (Lipinski definition) is 1. The monoisotopic (exact) mass is 480 g/mol. The molecule has 1 N–H and O–H groups in total. The molecule has 0 radical (unpaired) electrons. The molecular formula is C21H22Cl2N4O3S. The lowest BCUT2D eigenvalue weighted by Gasteiger charge is -2.29. The van der Waals surface area contributed by atoms with Crippen molar-refractivity contribution in [1.82, 2.24) is 14.9 Å². The zero-order valence-corrected chi connectivity index (χ0v) is 19.5. The third-order valence-corrected chi connectivity index (χ3v) is 6.55. The fraction of sp³-hybridized carbons (Fsp3) is 0.238. The normalized spacial score (nSPS) is 12.4. The first-order chi connectivity index (χ1) is 14.6. The van der Waals surface area contributed by atoms with E-state index in [1.165, 1.54) is 19.1 Å². The summed E-state index contributed by atoms with van der Waals surface area (Å²) in [6, 6.07) is 11.0. The van der Waals surface area contributed by atoms with Gasteiger partial charge in [-0.2, -0.15) is 0 Å². The van der Waals surface area contributed by atoms with E-state index in [9.17, 15) is 13.2 Å². The molecule has 0 aliphatic heterocycles. The number of hydrogen-bond acceptors (Lipinski definition) is 4. The van der Waals surface area contributed by atoms with Crippen LogP contribution in [0.3, 0.4) is 0 Å². The Kier molecular flexibility index (Phi) is 6.93. The van der Waals surface area contributed by atoms with Crippen molar-refractivity contribution in [3.8, 4) is 5.69 Å². The topological polar surface area (TPSA) is 84.3 Å². The lowest BCUT2D eigenvalue weighted by atomic mass is 10.1. The number of para-hydroxylation sites is 1. The molecular weight excluding hydrogens is 459 g/mol. The van der Waals surface area contributed by atoms with Crippen LogP contribution in [0.1, 0.15) is 18.3 Å². The van der Waals surface area contributed by atoms with Crippen molar-refractivity contribution < 1.29 is 13.2 Å². The number of aryl methyl sites for hydroxylation is 1. The van der Waals surface area contributed by atoms with Crippen LogP contribution in [0.25, 0.3) is 5.69 Å². The Morgan fingerprint density at radius 1 is 1.23 bits per heavy atom. The highest BCUT2D eigenvalue weighted by atomic mass is 35.5. The molecule has 1 atom stereocenters. The number of sulfonamides is 1. The van der Waals surface area contributed by atoms with Crippen molar-refractivity contribution in [2.75, 3.05) is 10.6 Å². The first kappa shape index (κ1) is 23.1. The fourth-order valence-corrected chi connectivity index (χ4v) is 4.90. The molecule has 164 valence electrons. The first-order valence-electron chi connectivity index (χ1n) is 9.40. The van der Waals surface area contributed by atoms with E-state index < -0.39 is 22.0 Å². The van der Waals surface area contributed by atoms with E-state index in [1.807, 2.05) is 42.0 Å². The number of benzene rings is 2.